The molecule has 118 valence electrons. The molecule has 0 radical (unpaired) electrons. The molecule has 3 rings (SSSR count). The molecule has 2 bridgehead atoms. The number of aromatic nitrogens is 3. The van der Waals surface area contributed by atoms with Gasteiger partial charge in [0.15, 0.2) is 0 Å². The van der Waals surface area contributed by atoms with E-state index in [0.29, 0.717) is 6.04 Å². The van der Waals surface area contributed by atoms with Crippen LogP contribution in [0.1, 0.15) is 44.2 Å². The van der Waals surface area contributed by atoms with Crippen molar-refractivity contribution in [3.05, 3.63) is 11.9 Å². The van der Waals surface area contributed by atoms with Gasteiger partial charge in [-0.25, -0.2) is 0 Å². The minimum Gasteiger partial charge on any atom is -0.396 e. The van der Waals surface area contributed by atoms with Gasteiger partial charge in [-0.2, -0.15) is 0 Å². The number of aliphatic hydroxyl groups excluding tert-OH is 1. The fourth-order valence-corrected chi connectivity index (χ4v) is 3.79. The Hall–Kier alpha value is -0.980. The van der Waals surface area contributed by atoms with Crippen LogP contribution in [0.2, 0.25) is 0 Å². The Morgan fingerprint density at radius 1 is 1.33 bits per heavy atom. The van der Waals surface area contributed by atoms with Crippen molar-refractivity contribution >= 4 is 0 Å². The third-order valence-electron chi connectivity index (χ3n) is 5.04. The molecule has 2 unspecified atom stereocenters. The lowest BCUT2D eigenvalue weighted by atomic mass is 9.82. The molecule has 0 spiro atoms. The summed E-state index contributed by atoms with van der Waals surface area (Å²) in [5, 5.41) is 20.8. The van der Waals surface area contributed by atoms with Crippen LogP contribution in [0, 0.1) is 0 Å². The predicted octanol–water partition coefficient (Wildman–Crippen LogP) is 0.765. The highest BCUT2D eigenvalue weighted by Gasteiger charge is 2.35. The Labute approximate surface area is 126 Å². The molecule has 2 atom stereocenters. The van der Waals surface area contributed by atoms with E-state index in [1.807, 2.05) is 10.9 Å². The average molecular weight is 293 g/mol. The molecule has 2 fully saturated rings. The number of piperidine rings is 2. The summed E-state index contributed by atoms with van der Waals surface area (Å²) in [5.41, 5.74) is 0.997. The van der Waals surface area contributed by atoms with Crippen LogP contribution in [0.15, 0.2) is 6.20 Å². The molecule has 0 amide bonds. The summed E-state index contributed by atoms with van der Waals surface area (Å²) in [6.45, 7) is 1.74. The summed E-state index contributed by atoms with van der Waals surface area (Å²) in [4.78, 5) is 2.59. The topological polar surface area (TPSA) is 66.2 Å². The largest absolute Gasteiger partial charge is 0.396 e. The highest BCUT2D eigenvalue weighted by Crippen LogP contribution is 2.32. The van der Waals surface area contributed by atoms with Crippen LogP contribution >= 0.6 is 0 Å². The first kappa shape index (κ1) is 14.9. The highest BCUT2D eigenvalue weighted by atomic mass is 16.3. The van der Waals surface area contributed by atoms with Crippen LogP contribution in [0.4, 0.5) is 0 Å². The minimum absolute atomic E-state index is 0.200. The number of aliphatic hydroxyl groups is 1. The van der Waals surface area contributed by atoms with Crippen molar-refractivity contribution in [2.24, 2.45) is 0 Å². The Morgan fingerprint density at radius 3 is 2.81 bits per heavy atom. The Balaban J connectivity index is 1.48. The minimum atomic E-state index is 0.200. The third-order valence-corrected chi connectivity index (χ3v) is 5.04. The van der Waals surface area contributed by atoms with E-state index >= 15 is 0 Å². The second-order valence-electron chi connectivity index (χ2n) is 6.50. The zero-order valence-electron chi connectivity index (χ0n) is 12.9. The number of nitrogens with one attached hydrogen (secondary N) is 1. The molecule has 2 aliphatic rings. The summed E-state index contributed by atoms with van der Waals surface area (Å²) in [6.07, 6.45) is 9.32. The summed E-state index contributed by atoms with van der Waals surface area (Å²) in [7, 11) is 2.29. The molecular formula is C15H27N5O. The SMILES string of the molecule is CN1C2CCCC1CC(NCc1cn(CCCO)nn1)C2. The Kier molecular flexibility index (Phi) is 4.87. The molecule has 0 saturated carbocycles. The lowest BCUT2D eigenvalue weighted by Gasteiger charge is -2.47. The summed E-state index contributed by atoms with van der Waals surface area (Å²) >= 11 is 0. The third kappa shape index (κ3) is 3.62. The molecule has 2 saturated heterocycles. The maximum absolute atomic E-state index is 8.83. The summed E-state index contributed by atoms with van der Waals surface area (Å²) in [5.74, 6) is 0. The quantitative estimate of drug-likeness (QED) is 0.811. The van der Waals surface area contributed by atoms with E-state index in [2.05, 4.69) is 27.6 Å². The first-order valence-electron chi connectivity index (χ1n) is 8.21. The normalized spacial score (nSPS) is 29.7. The molecule has 0 aliphatic carbocycles. The molecule has 21 heavy (non-hydrogen) atoms. The smallest absolute Gasteiger partial charge is 0.0964 e. The number of nitrogens with zero attached hydrogens (tertiary/aromatic N) is 4. The van der Waals surface area contributed by atoms with Gasteiger partial charge >= 0.3 is 0 Å². The highest BCUT2D eigenvalue weighted by molar-refractivity contribution is 4.96. The van der Waals surface area contributed by atoms with Crippen molar-refractivity contribution < 1.29 is 5.11 Å². The van der Waals surface area contributed by atoms with Gasteiger partial charge in [0.25, 0.3) is 0 Å². The van der Waals surface area contributed by atoms with Crippen LogP contribution < -0.4 is 5.32 Å². The zero-order valence-corrected chi connectivity index (χ0v) is 12.9. The van der Waals surface area contributed by atoms with Gasteiger partial charge in [0, 0.05) is 44.0 Å². The van der Waals surface area contributed by atoms with Gasteiger partial charge in [0.1, 0.15) is 0 Å². The van der Waals surface area contributed by atoms with E-state index in [4.69, 9.17) is 5.11 Å². The molecule has 3 heterocycles. The van der Waals surface area contributed by atoms with Crippen molar-refractivity contribution in [2.45, 2.75) is 69.7 Å². The van der Waals surface area contributed by atoms with Crippen LogP contribution in [0.25, 0.3) is 0 Å². The zero-order chi connectivity index (χ0) is 14.7. The second-order valence-corrected chi connectivity index (χ2v) is 6.50. The number of rotatable bonds is 6. The van der Waals surface area contributed by atoms with Gasteiger partial charge in [-0.1, -0.05) is 11.6 Å². The van der Waals surface area contributed by atoms with Gasteiger partial charge in [-0.05, 0) is 39.2 Å². The molecule has 6 heteroatoms. The molecule has 2 N–H and O–H groups in total. The van der Waals surface area contributed by atoms with E-state index < -0.39 is 0 Å². The van der Waals surface area contributed by atoms with Gasteiger partial charge in [-0.3, -0.25) is 4.68 Å². The van der Waals surface area contributed by atoms with Crippen molar-refractivity contribution in [3.63, 3.8) is 0 Å². The monoisotopic (exact) mass is 293 g/mol. The fraction of sp³-hybridized carbons (Fsp3) is 0.867. The number of aryl methyl sites for hydroxylation is 1. The van der Waals surface area contributed by atoms with Crippen molar-refractivity contribution in [2.75, 3.05) is 13.7 Å². The summed E-state index contributed by atoms with van der Waals surface area (Å²) < 4.78 is 1.82. The maximum Gasteiger partial charge on any atom is 0.0964 e. The van der Waals surface area contributed by atoms with Crippen LogP contribution in [-0.2, 0) is 13.1 Å². The standard InChI is InChI=1S/C15H27N5O/c1-19-14-4-2-5-15(19)9-12(8-14)16-10-13-11-20(18-17-13)6-3-7-21/h11-12,14-16,21H,2-10H2,1H3. The molecule has 0 aromatic carbocycles. The van der Waals surface area contributed by atoms with E-state index in [-0.39, 0.29) is 6.61 Å². The average Bonchev–Trinajstić information content (AvgIpc) is 2.91. The molecule has 1 aromatic heterocycles. The molecule has 6 nitrogen and oxygen atoms in total. The van der Waals surface area contributed by atoms with Crippen LogP contribution in [0.5, 0.6) is 0 Å². The number of hydrogen-bond donors (Lipinski definition) is 2. The molecule has 1 aromatic rings. The van der Waals surface area contributed by atoms with Gasteiger partial charge < -0.3 is 15.3 Å². The second kappa shape index (κ2) is 6.85. The molecule has 2 aliphatic heterocycles. The van der Waals surface area contributed by atoms with Crippen molar-refractivity contribution in [1.29, 1.82) is 0 Å². The van der Waals surface area contributed by atoms with Gasteiger partial charge in [-0.15, -0.1) is 5.10 Å². The van der Waals surface area contributed by atoms with Crippen molar-refractivity contribution in [3.8, 4) is 0 Å². The Bertz CT molecular complexity index is 435. The lowest BCUT2D eigenvalue weighted by molar-refractivity contribution is 0.0481. The van der Waals surface area contributed by atoms with E-state index in [9.17, 15) is 0 Å². The maximum atomic E-state index is 8.83. The fourth-order valence-electron chi connectivity index (χ4n) is 3.79. The predicted molar refractivity (Wildman–Crippen MR) is 80.8 cm³/mol. The Morgan fingerprint density at radius 2 is 2.10 bits per heavy atom. The van der Waals surface area contributed by atoms with E-state index in [0.717, 1.165) is 37.3 Å². The van der Waals surface area contributed by atoms with E-state index in [1.54, 1.807) is 0 Å². The van der Waals surface area contributed by atoms with Crippen LogP contribution in [-0.4, -0.2) is 56.8 Å². The number of fused-ring (bicyclic) bond motifs is 2. The first-order chi connectivity index (χ1) is 10.3. The number of hydrogen-bond acceptors (Lipinski definition) is 5. The summed E-state index contributed by atoms with van der Waals surface area (Å²) in [6, 6.07) is 2.13. The van der Waals surface area contributed by atoms with Gasteiger partial charge in [0.2, 0.25) is 0 Å². The molecular weight excluding hydrogens is 266 g/mol. The lowest BCUT2D eigenvalue weighted by Crippen LogP contribution is -2.54. The van der Waals surface area contributed by atoms with Crippen LogP contribution in [0.3, 0.4) is 0 Å². The van der Waals surface area contributed by atoms with Crippen molar-refractivity contribution in [1.82, 2.24) is 25.2 Å². The first-order valence-corrected chi connectivity index (χ1v) is 8.21. The van der Waals surface area contributed by atoms with E-state index in [1.165, 1.54) is 32.1 Å². The van der Waals surface area contributed by atoms with Gasteiger partial charge in [0.05, 0.1) is 5.69 Å².